The molecule has 1 amide bonds. The van der Waals surface area contributed by atoms with Crippen LogP contribution in [0.25, 0.3) is 0 Å². The van der Waals surface area contributed by atoms with E-state index in [1.807, 2.05) is 23.1 Å². The number of likely N-dealkylation sites (N-methyl/N-ethyl adjacent to an activating group) is 1. The first-order chi connectivity index (χ1) is 10.2. The van der Waals surface area contributed by atoms with Crippen molar-refractivity contribution >= 4 is 5.91 Å². The minimum atomic E-state index is -0.00590. The molecule has 0 bridgehead atoms. The lowest BCUT2D eigenvalue weighted by atomic mass is 9.85. The molecule has 1 unspecified atom stereocenters. The summed E-state index contributed by atoms with van der Waals surface area (Å²) in [5.41, 5.74) is 1.83. The molecule has 2 rings (SSSR count). The summed E-state index contributed by atoms with van der Waals surface area (Å²) in [6.07, 6.45) is 0. The summed E-state index contributed by atoms with van der Waals surface area (Å²) >= 11 is 0. The largest absolute Gasteiger partial charge is 0.496 e. The molecule has 0 saturated carbocycles. The smallest absolute Gasteiger partial charge is 0.254 e. The predicted octanol–water partition coefficient (Wildman–Crippen LogP) is 2.77. The van der Waals surface area contributed by atoms with E-state index in [1.165, 1.54) is 0 Å². The van der Waals surface area contributed by atoms with Gasteiger partial charge in [-0.2, -0.15) is 0 Å². The number of carbonyl (C=O) groups is 1. The van der Waals surface area contributed by atoms with Crippen LogP contribution in [-0.4, -0.2) is 55.5 Å². The maximum atomic E-state index is 12.8. The number of amides is 1. The molecule has 1 aliphatic rings. The Balaban J connectivity index is 2.27. The summed E-state index contributed by atoms with van der Waals surface area (Å²) in [6.45, 7) is 11.2. The van der Waals surface area contributed by atoms with E-state index in [1.54, 1.807) is 7.11 Å². The average molecular weight is 304 g/mol. The first-order valence-corrected chi connectivity index (χ1v) is 7.92. The maximum absolute atomic E-state index is 12.8. The highest BCUT2D eigenvalue weighted by Gasteiger charge is 2.27. The molecule has 122 valence electrons. The van der Waals surface area contributed by atoms with Crippen molar-refractivity contribution in [2.24, 2.45) is 0 Å². The van der Waals surface area contributed by atoms with Gasteiger partial charge in [-0.1, -0.05) is 26.8 Å². The van der Waals surface area contributed by atoms with E-state index in [-0.39, 0.29) is 17.4 Å². The molecule has 1 aromatic rings. The molecule has 1 saturated heterocycles. The molecule has 1 aromatic carbocycles. The molecule has 1 fully saturated rings. The quantitative estimate of drug-likeness (QED) is 0.842. The van der Waals surface area contributed by atoms with Crippen LogP contribution in [0.3, 0.4) is 0 Å². The van der Waals surface area contributed by atoms with Gasteiger partial charge in [0.1, 0.15) is 5.75 Å². The highest BCUT2D eigenvalue weighted by molar-refractivity contribution is 5.95. The van der Waals surface area contributed by atoms with Crippen LogP contribution in [0, 0.1) is 0 Å². The van der Waals surface area contributed by atoms with Gasteiger partial charge in [0.05, 0.1) is 7.11 Å². The van der Waals surface area contributed by atoms with Crippen LogP contribution < -0.4 is 4.74 Å². The second-order valence-corrected chi connectivity index (χ2v) is 7.27. The molecule has 1 aliphatic heterocycles. The predicted molar refractivity (Wildman–Crippen MR) is 89.7 cm³/mol. The van der Waals surface area contributed by atoms with Crippen molar-refractivity contribution in [3.05, 3.63) is 29.3 Å². The van der Waals surface area contributed by atoms with Crippen molar-refractivity contribution in [1.29, 1.82) is 0 Å². The van der Waals surface area contributed by atoms with Gasteiger partial charge in [-0.25, -0.2) is 0 Å². The van der Waals surface area contributed by atoms with E-state index in [9.17, 15) is 4.79 Å². The van der Waals surface area contributed by atoms with E-state index in [0.29, 0.717) is 5.56 Å². The molecular formula is C18H28N2O2. The number of hydrogen-bond acceptors (Lipinski definition) is 3. The lowest BCUT2D eigenvalue weighted by Crippen LogP contribution is -2.52. The van der Waals surface area contributed by atoms with Gasteiger partial charge in [0.25, 0.3) is 5.91 Å². The molecule has 4 heteroatoms. The lowest BCUT2D eigenvalue weighted by molar-refractivity contribution is 0.0533. The SMILES string of the molecule is COc1cc(C(=O)N2CCN(C)CC2C)ccc1C(C)(C)C. The van der Waals surface area contributed by atoms with Crippen LogP contribution in [0.4, 0.5) is 0 Å². The first-order valence-electron chi connectivity index (χ1n) is 7.92. The Morgan fingerprint density at radius 1 is 1.27 bits per heavy atom. The van der Waals surface area contributed by atoms with E-state index < -0.39 is 0 Å². The Labute approximate surface area is 134 Å². The maximum Gasteiger partial charge on any atom is 0.254 e. The van der Waals surface area contributed by atoms with Gasteiger partial charge >= 0.3 is 0 Å². The second kappa shape index (κ2) is 6.29. The fourth-order valence-corrected chi connectivity index (χ4v) is 3.05. The zero-order valence-electron chi connectivity index (χ0n) is 14.6. The Hall–Kier alpha value is -1.55. The number of ether oxygens (including phenoxy) is 1. The number of carbonyl (C=O) groups excluding carboxylic acids is 1. The first kappa shape index (κ1) is 16.8. The highest BCUT2D eigenvalue weighted by Crippen LogP contribution is 2.32. The van der Waals surface area contributed by atoms with Crippen molar-refractivity contribution < 1.29 is 9.53 Å². The van der Waals surface area contributed by atoms with E-state index in [4.69, 9.17) is 4.74 Å². The van der Waals surface area contributed by atoms with E-state index >= 15 is 0 Å². The van der Waals surface area contributed by atoms with Crippen LogP contribution in [0.1, 0.15) is 43.6 Å². The van der Waals surface area contributed by atoms with Crippen LogP contribution in [-0.2, 0) is 5.41 Å². The summed E-state index contributed by atoms with van der Waals surface area (Å²) in [7, 11) is 3.76. The van der Waals surface area contributed by atoms with Crippen LogP contribution in [0.2, 0.25) is 0 Å². The minimum Gasteiger partial charge on any atom is -0.496 e. The third-order valence-electron chi connectivity index (χ3n) is 4.35. The summed E-state index contributed by atoms with van der Waals surface area (Å²) < 4.78 is 5.51. The average Bonchev–Trinajstić information content (AvgIpc) is 2.45. The van der Waals surface area contributed by atoms with E-state index in [2.05, 4.69) is 39.6 Å². The number of piperazine rings is 1. The van der Waals surface area contributed by atoms with Crippen molar-refractivity contribution in [2.45, 2.75) is 39.2 Å². The van der Waals surface area contributed by atoms with Gasteiger partial charge in [-0.3, -0.25) is 4.79 Å². The zero-order valence-corrected chi connectivity index (χ0v) is 14.6. The van der Waals surface area contributed by atoms with Gasteiger partial charge < -0.3 is 14.5 Å². The molecule has 4 nitrogen and oxygen atoms in total. The Kier molecular flexibility index (Phi) is 4.81. The van der Waals surface area contributed by atoms with Crippen LogP contribution in [0.5, 0.6) is 5.75 Å². The van der Waals surface area contributed by atoms with Crippen molar-refractivity contribution in [3.8, 4) is 5.75 Å². The number of methoxy groups -OCH3 is 1. The number of benzene rings is 1. The van der Waals surface area contributed by atoms with Crippen LogP contribution >= 0.6 is 0 Å². The Bertz CT molecular complexity index is 549. The normalized spacial score (nSPS) is 20.1. The molecular weight excluding hydrogens is 276 g/mol. The fourth-order valence-electron chi connectivity index (χ4n) is 3.05. The number of nitrogens with zero attached hydrogens (tertiary/aromatic N) is 2. The van der Waals surface area contributed by atoms with Crippen molar-refractivity contribution in [3.63, 3.8) is 0 Å². The summed E-state index contributed by atoms with van der Waals surface area (Å²) in [6, 6.07) is 6.07. The topological polar surface area (TPSA) is 32.8 Å². The third-order valence-corrected chi connectivity index (χ3v) is 4.35. The standard InChI is InChI=1S/C18H28N2O2/c1-13-12-19(5)9-10-20(13)17(21)14-7-8-15(18(2,3)4)16(11-14)22-6/h7-8,11,13H,9-10,12H2,1-6H3. The van der Waals surface area contributed by atoms with Crippen LogP contribution in [0.15, 0.2) is 18.2 Å². The zero-order chi connectivity index (χ0) is 16.5. The van der Waals surface area contributed by atoms with Gasteiger partial charge in [0.15, 0.2) is 0 Å². The second-order valence-electron chi connectivity index (χ2n) is 7.27. The Morgan fingerprint density at radius 3 is 2.50 bits per heavy atom. The molecule has 0 aromatic heterocycles. The summed E-state index contributed by atoms with van der Waals surface area (Å²) in [4.78, 5) is 17.0. The third kappa shape index (κ3) is 3.43. The lowest BCUT2D eigenvalue weighted by Gasteiger charge is -2.38. The van der Waals surface area contributed by atoms with Gasteiger partial charge in [0, 0.05) is 31.2 Å². The fraction of sp³-hybridized carbons (Fsp3) is 0.611. The monoisotopic (exact) mass is 304 g/mol. The molecule has 0 spiro atoms. The van der Waals surface area contributed by atoms with E-state index in [0.717, 1.165) is 30.9 Å². The van der Waals surface area contributed by atoms with Gasteiger partial charge in [-0.15, -0.1) is 0 Å². The molecule has 1 heterocycles. The number of rotatable bonds is 2. The van der Waals surface area contributed by atoms with Crippen molar-refractivity contribution in [2.75, 3.05) is 33.8 Å². The molecule has 22 heavy (non-hydrogen) atoms. The van der Waals surface area contributed by atoms with Crippen molar-refractivity contribution in [1.82, 2.24) is 9.80 Å². The summed E-state index contributed by atoms with van der Waals surface area (Å²) in [5.74, 6) is 0.888. The molecule has 0 N–H and O–H groups in total. The molecule has 0 aliphatic carbocycles. The molecule has 1 atom stereocenters. The van der Waals surface area contributed by atoms with Gasteiger partial charge in [0.2, 0.25) is 0 Å². The minimum absolute atomic E-state index is 0.00590. The molecule has 0 radical (unpaired) electrons. The highest BCUT2D eigenvalue weighted by atomic mass is 16.5. The summed E-state index contributed by atoms with van der Waals surface area (Å²) in [5, 5.41) is 0. The Morgan fingerprint density at radius 2 is 1.95 bits per heavy atom. The van der Waals surface area contributed by atoms with Gasteiger partial charge in [-0.05, 0) is 37.1 Å². The number of hydrogen-bond donors (Lipinski definition) is 0.